The second-order valence-corrected chi connectivity index (χ2v) is 5.62. The largest absolute Gasteiger partial charge is 0.351 e. The zero-order chi connectivity index (χ0) is 13.1. The van der Waals surface area contributed by atoms with E-state index in [2.05, 4.69) is 10.2 Å². The number of nitrogens with one attached hydrogen (secondary N) is 1. The summed E-state index contributed by atoms with van der Waals surface area (Å²) < 4.78 is 3.11. The molecule has 0 radical (unpaired) electrons. The molecule has 1 N–H and O–H groups in total. The van der Waals surface area contributed by atoms with Crippen LogP contribution in [0.1, 0.15) is 16.9 Å². The summed E-state index contributed by atoms with van der Waals surface area (Å²) in [4.78, 5) is 14.2. The molecule has 0 spiro atoms. The third-order valence-electron chi connectivity index (χ3n) is 2.96. The van der Waals surface area contributed by atoms with E-state index >= 15 is 0 Å². The number of aromatic nitrogens is 1. The van der Waals surface area contributed by atoms with E-state index in [1.807, 2.05) is 43.2 Å². The molecule has 98 valence electrons. The minimum absolute atomic E-state index is 0.0136. The molecule has 0 atom stereocenters. The fourth-order valence-electron chi connectivity index (χ4n) is 1.96. The highest BCUT2D eigenvalue weighted by atomic mass is 32.1. The molecule has 0 unspecified atom stereocenters. The first-order valence-electron chi connectivity index (χ1n) is 6.05. The summed E-state index contributed by atoms with van der Waals surface area (Å²) in [5.74, 6) is 0.0136. The van der Waals surface area contributed by atoms with Gasteiger partial charge in [0.1, 0.15) is 5.69 Å². The van der Waals surface area contributed by atoms with E-state index in [-0.39, 0.29) is 5.91 Å². The number of hydrogen-bond acceptors (Lipinski definition) is 3. The minimum atomic E-state index is 0.0136. The molecule has 0 aliphatic carbocycles. The van der Waals surface area contributed by atoms with Gasteiger partial charge < -0.3 is 14.8 Å². The number of fused-ring (bicyclic) bond motifs is 1. The molecule has 18 heavy (non-hydrogen) atoms. The predicted octanol–water partition coefficient (Wildman–Crippen LogP) is 1.92. The van der Waals surface area contributed by atoms with Crippen LogP contribution in [-0.2, 0) is 7.05 Å². The Labute approximate surface area is 111 Å². The van der Waals surface area contributed by atoms with Gasteiger partial charge in [-0.2, -0.15) is 0 Å². The fourth-order valence-corrected chi connectivity index (χ4v) is 2.80. The smallest absolute Gasteiger partial charge is 0.267 e. The van der Waals surface area contributed by atoms with Crippen molar-refractivity contribution in [3.8, 4) is 0 Å². The van der Waals surface area contributed by atoms with Crippen LogP contribution in [0.5, 0.6) is 0 Å². The Morgan fingerprint density at radius 3 is 2.94 bits per heavy atom. The molecular weight excluding hydrogens is 246 g/mol. The standard InChI is InChI=1S/C13H19N3OS/c1-15(2)7-4-6-14-13(17)11-9-12-10(16(11)3)5-8-18-12/h5,8-9H,4,6-7H2,1-3H3,(H,14,17). The third-order valence-corrected chi connectivity index (χ3v) is 3.82. The van der Waals surface area contributed by atoms with Crippen LogP contribution in [0.15, 0.2) is 17.5 Å². The number of aryl methyl sites for hydroxylation is 1. The van der Waals surface area contributed by atoms with Crippen molar-refractivity contribution in [1.82, 2.24) is 14.8 Å². The molecule has 0 bridgehead atoms. The highest BCUT2D eigenvalue weighted by molar-refractivity contribution is 7.17. The molecule has 2 rings (SSSR count). The average molecular weight is 265 g/mol. The summed E-state index contributed by atoms with van der Waals surface area (Å²) in [7, 11) is 6.00. The quantitative estimate of drug-likeness (QED) is 0.839. The molecule has 0 fully saturated rings. The highest BCUT2D eigenvalue weighted by Crippen LogP contribution is 2.23. The number of hydrogen-bond donors (Lipinski definition) is 1. The number of amides is 1. The predicted molar refractivity (Wildman–Crippen MR) is 76.3 cm³/mol. The molecular formula is C13H19N3OS. The normalized spacial score (nSPS) is 11.3. The summed E-state index contributed by atoms with van der Waals surface area (Å²) in [6.07, 6.45) is 0.970. The van der Waals surface area contributed by atoms with Crippen LogP contribution in [0.4, 0.5) is 0 Å². The summed E-state index contributed by atoms with van der Waals surface area (Å²) in [5, 5.41) is 5.01. The number of carbonyl (C=O) groups is 1. The van der Waals surface area contributed by atoms with Gasteiger partial charge in [-0.15, -0.1) is 11.3 Å². The maximum absolute atomic E-state index is 12.0. The molecule has 5 heteroatoms. The number of nitrogens with zero attached hydrogens (tertiary/aromatic N) is 2. The van der Waals surface area contributed by atoms with Gasteiger partial charge in [-0.1, -0.05) is 0 Å². The van der Waals surface area contributed by atoms with Gasteiger partial charge in [-0.25, -0.2) is 0 Å². The first-order valence-corrected chi connectivity index (χ1v) is 6.93. The van der Waals surface area contributed by atoms with Crippen LogP contribution in [0.25, 0.3) is 10.2 Å². The molecule has 2 heterocycles. The number of rotatable bonds is 5. The maximum atomic E-state index is 12.0. The topological polar surface area (TPSA) is 37.3 Å². The van der Waals surface area contributed by atoms with E-state index in [4.69, 9.17) is 0 Å². The van der Waals surface area contributed by atoms with Crippen molar-refractivity contribution < 1.29 is 4.79 Å². The zero-order valence-electron chi connectivity index (χ0n) is 11.1. The van der Waals surface area contributed by atoms with Crippen LogP contribution < -0.4 is 5.32 Å². The molecule has 2 aromatic heterocycles. The first kappa shape index (κ1) is 13.1. The van der Waals surface area contributed by atoms with Crippen molar-refractivity contribution in [3.63, 3.8) is 0 Å². The summed E-state index contributed by atoms with van der Waals surface area (Å²) in [6.45, 7) is 1.71. The second-order valence-electron chi connectivity index (χ2n) is 4.67. The van der Waals surface area contributed by atoms with Crippen molar-refractivity contribution in [2.24, 2.45) is 7.05 Å². The molecule has 2 aromatic rings. The van der Waals surface area contributed by atoms with Crippen LogP contribution >= 0.6 is 11.3 Å². The molecule has 0 saturated carbocycles. The van der Waals surface area contributed by atoms with E-state index in [0.29, 0.717) is 0 Å². The number of thiophene rings is 1. The monoisotopic (exact) mass is 265 g/mol. The average Bonchev–Trinajstić information content (AvgIpc) is 2.88. The van der Waals surface area contributed by atoms with Crippen LogP contribution in [0, 0.1) is 0 Å². The summed E-state index contributed by atoms with van der Waals surface area (Å²) in [6, 6.07) is 4.00. The van der Waals surface area contributed by atoms with Gasteiger partial charge in [-0.05, 0) is 44.6 Å². The molecule has 0 aliphatic heterocycles. The molecule has 1 amide bonds. The van der Waals surface area contributed by atoms with Crippen LogP contribution in [0.2, 0.25) is 0 Å². The van der Waals surface area contributed by atoms with Crippen molar-refractivity contribution in [2.75, 3.05) is 27.2 Å². The van der Waals surface area contributed by atoms with Gasteiger partial charge in [-0.3, -0.25) is 4.79 Å². The SMILES string of the molecule is CN(C)CCCNC(=O)c1cc2sccc2n1C. The lowest BCUT2D eigenvalue weighted by Gasteiger charge is -2.10. The van der Waals surface area contributed by atoms with Crippen molar-refractivity contribution in [3.05, 3.63) is 23.2 Å². The summed E-state index contributed by atoms with van der Waals surface area (Å²) in [5.41, 5.74) is 1.86. The van der Waals surface area contributed by atoms with Crippen molar-refractivity contribution in [2.45, 2.75) is 6.42 Å². The van der Waals surface area contributed by atoms with E-state index in [1.54, 1.807) is 11.3 Å². The lowest BCUT2D eigenvalue weighted by Crippen LogP contribution is -2.28. The molecule has 0 saturated heterocycles. The third kappa shape index (κ3) is 2.73. The molecule has 0 aliphatic rings. The lowest BCUT2D eigenvalue weighted by molar-refractivity contribution is 0.0944. The maximum Gasteiger partial charge on any atom is 0.267 e. The van der Waals surface area contributed by atoms with Crippen molar-refractivity contribution >= 4 is 27.5 Å². The van der Waals surface area contributed by atoms with E-state index in [9.17, 15) is 4.79 Å². The highest BCUT2D eigenvalue weighted by Gasteiger charge is 2.13. The molecule has 4 nitrogen and oxygen atoms in total. The fraction of sp³-hybridized carbons (Fsp3) is 0.462. The first-order chi connectivity index (χ1) is 8.59. The Balaban J connectivity index is 1.96. The Morgan fingerprint density at radius 2 is 2.28 bits per heavy atom. The summed E-state index contributed by atoms with van der Waals surface area (Å²) >= 11 is 1.66. The van der Waals surface area contributed by atoms with Gasteiger partial charge in [0, 0.05) is 13.6 Å². The Bertz CT molecular complexity index is 541. The van der Waals surface area contributed by atoms with Gasteiger partial charge in [0.05, 0.1) is 10.2 Å². The van der Waals surface area contributed by atoms with Crippen LogP contribution in [-0.4, -0.2) is 42.6 Å². The zero-order valence-corrected chi connectivity index (χ0v) is 11.9. The van der Waals surface area contributed by atoms with E-state index in [1.165, 1.54) is 0 Å². The van der Waals surface area contributed by atoms with Gasteiger partial charge in [0.15, 0.2) is 0 Å². The minimum Gasteiger partial charge on any atom is -0.351 e. The van der Waals surface area contributed by atoms with Crippen molar-refractivity contribution in [1.29, 1.82) is 0 Å². The van der Waals surface area contributed by atoms with Gasteiger partial charge in [0.25, 0.3) is 5.91 Å². The second kappa shape index (κ2) is 5.54. The van der Waals surface area contributed by atoms with Gasteiger partial charge in [0.2, 0.25) is 0 Å². The Kier molecular flexibility index (Phi) is 4.04. The van der Waals surface area contributed by atoms with Gasteiger partial charge >= 0.3 is 0 Å². The lowest BCUT2D eigenvalue weighted by atomic mass is 10.3. The molecule has 0 aromatic carbocycles. The Morgan fingerprint density at radius 1 is 1.50 bits per heavy atom. The van der Waals surface area contributed by atoms with Crippen LogP contribution in [0.3, 0.4) is 0 Å². The Hall–Kier alpha value is -1.33. The number of carbonyl (C=O) groups excluding carboxylic acids is 1. The van der Waals surface area contributed by atoms with E-state index in [0.717, 1.165) is 35.4 Å². The van der Waals surface area contributed by atoms with E-state index < -0.39 is 0 Å².